The molecule has 4 heteroatoms. The van der Waals surface area contributed by atoms with Crippen LogP contribution in [0.15, 0.2) is 18.3 Å². The Kier molecular flexibility index (Phi) is 4.46. The van der Waals surface area contributed by atoms with Crippen molar-refractivity contribution >= 4 is 5.91 Å². The average Bonchev–Trinajstić information content (AvgIpc) is 2.29. The molecule has 0 spiro atoms. The number of hydrogen-bond donors (Lipinski definition) is 0. The Labute approximate surface area is 95.5 Å². The second kappa shape index (κ2) is 5.86. The molecule has 0 N–H and O–H groups in total. The quantitative estimate of drug-likeness (QED) is 0.722. The van der Waals surface area contributed by atoms with Crippen LogP contribution >= 0.6 is 0 Å². The van der Waals surface area contributed by atoms with E-state index in [0.29, 0.717) is 12.1 Å². The smallest absolute Gasteiger partial charge is 0.256 e. The van der Waals surface area contributed by atoms with Crippen molar-refractivity contribution < 1.29 is 4.79 Å². The van der Waals surface area contributed by atoms with Gasteiger partial charge in [-0.15, -0.1) is 0 Å². The second-order valence-electron chi connectivity index (χ2n) is 3.57. The van der Waals surface area contributed by atoms with Crippen molar-refractivity contribution in [3.8, 4) is 6.07 Å². The fraction of sp³-hybridized carbons (Fsp3) is 0.417. The van der Waals surface area contributed by atoms with E-state index in [1.165, 1.54) is 4.90 Å². The number of carbonyl (C=O) groups is 1. The minimum Gasteiger partial charge on any atom is -0.325 e. The van der Waals surface area contributed by atoms with Gasteiger partial charge in [0.25, 0.3) is 5.91 Å². The van der Waals surface area contributed by atoms with Crippen molar-refractivity contribution in [3.05, 3.63) is 29.6 Å². The summed E-state index contributed by atoms with van der Waals surface area (Å²) < 4.78 is 0. The summed E-state index contributed by atoms with van der Waals surface area (Å²) >= 11 is 0. The van der Waals surface area contributed by atoms with Gasteiger partial charge in [-0.1, -0.05) is 6.92 Å². The maximum atomic E-state index is 12.0. The van der Waals surface area contributed by atoms with E-state index >= 15 is 0 Å². The van der Waals surface area contributed by atoms with Gasteiger partial charge < -0.3 is 4.90 Å². The molecule has 16 heavy (non-hydrogen) atoms. The normalized spacial score (nSPS) is 9.56. The molecule has 1 heterocycles. The predicted molar refractivity (Wildman–Crippen MR) is 60.8 cm³/mol. The number of hydrogen-bond acceptors (Lipinski definition) is 3. The molecule has 0 aliphatic carbocycles. The van der Waals surface area contributed by atoms with Gasteiger partial charge in [0.2, 0.25) is 0 Å². The number of rotatable bonds is 4. The molecule has 0 bridgehead atoms. The van der Waals surface area contributed by atoms with Gasteiger partial charge >= 0.3 is 0 Å². The van der Waals surface area contributed by atoms with Crippen LogP contribution in [0.25, 0.3) is 0 Å². The zero-order valence-electron chi connectivity index (χ0n) is 9.60. The Bertz CT molecular complexity index is 392. The lowest BCUT2D eigenvalue weighted by Crippen LogP contribution is -2.32. The highest BCUT2D eigenvalue weighted by molar-refractivity contribution is 5.94. The summed E-state index contributed by atoms with van der Waals surface area (Å²) in [4.78, 5) is 17.6. The maximum Gasteiger partial charge on any atom is 0.256 e. The van der Waals surface area contributed by atoms with Gasteiger partial charge in [0.1, 0.15) is 6.54 Å². The summed E-state index contributed by atoms with van der Waals surface area (Å²) in [6, 6.07) is 5.54. The lowest BCUT2D eigenvalue weighted by Gasteiger charge is -2.18. The Balaban J connectivity index is 2.82. The molecule has 1 aromatic heterocycles. The van der Waals surface area contributed by atoms with Crippen LogP contribution in [0, 0.1) is 18.3 Å². The van der Waals surface area contributed by atoms with Crippen LogP contribution in [-0.2, 0) is 0 Å². The molecule has 84 valence electrons. The number of carbonyl (C=O) groups excluding carboxylic acids is 1. The highest BCUT2D eigenvalue weighted by atomic mass is 16.2. The third-order valence-electron chi connectivity index (χ3n) is 2.20. The molecule has 0 aliphatic heterocycles. The van der Waals surface area contributed by atoms with Crippen molar-refractivity contribution in [2.24, 2.45) is 0 Å². The minimum absolute atomic E-state index is 0.126. The first-order valence-corrected chi connectivity index (χ1v) is 5.28. The molecule has 0 aromatic carbocycles. The van der Waals surface area contributed by atoms with Crippen molar-refractivity contribution in [3.63, 3.8) is 0 Å². The number of nitriles is 1. The first-order valence-electron chi connectivity index (χ1n) is 5.28. The van der Waals surface area contributed by atoms with Gasteiger partial charge in [-0.05, 0) is 25.5 Å². The van der Waals surface area contributed by atoms with Crippen molar-refractivity contribution in [2.45, 2.75) is 20.3 Å². The largest absolute Gasteiger partial charge is 0.325 e. The fourth-order valence-electron chi connectivity index (χ4n) is 1.38. The van der Waals surface area contributed by atoms with Gasteiger partial charge in [-0.3, -0.25) is 9.78 Å². The van der Waals surface area contributed by atoms with Gasteiger partial charge in [0.05, 0.1) is 11.6 Å². The lowest BCUT2D eigenvalue weighted by atomic mass is 10.2. The molecule has 0 aliphatic rings. The number of amides is 1. The molecular formula is C12H15N3O. The molecule has 0 radical (unpaired) electrons. The maximum absolute atomic E-state index is 12.0. The minimum atomic E-state index is -0.129. The van der Waals surface area contributed by atoms with Crippen molar-refractivity contribution in [1.29, 1.82) is 5.26 Å². The van der Waals surface area contributed by atoms with Crippen molar-refractivity contribution in [2.75, 3.05) is 13.1 Å². The summed E-state index contributed by atoms with van der Waals surface area (Å²) in [5.74, 6) is -0.129. The summed E-state index contributed by atoms with van der Waals surface area (Å²) in [6.45, 7) is 4.57. The molecule has 1 rings (SSSR count). The fourth-order valence-corrected chi connectivity index (χ4v) is 1.38. The molecule has 4 nitrogen and oxygen atoms in total. The van der Waals surface area contributed by atoms with E-state index < -0.39 is 0 Å². The third-order valence-corrected chi connectivity index (χ3v) is 2.20. The number of aryl methyl sites for hydroxylation is 1. The van der Waals surface area contributed by atoms with Crippen LogP contribution in [0.5, 0.6) is 0 Å². The highest BCUT2D eigenvalue weighted by Gasteiger charge is 2.14. The average molecular weight is 217 g/mol. The van der Waals surface area contributed by atoms with E-state index in [9.17, 15) is 4.79 Å². The first kappa shape index (κ1) is 12.2. The van der Waals surface area contributed by atoms with Gasteiger partial charge in [0.15, 0.2) is 0 Å². The molecule has 0 saturated heterocycles. The van der Waals surface area contributed by atoms with Crippen LogP contribution in [0.2, 0.25) is 0 Å². The van der Waals surface area contributed by atoms with Gasteiger partial charge in [0, 0.05) is 18.4 Å². The zero-order valence-corrected chi connectivity index (χ0v) is 9.60. The van der Waals surface area contributed by atoms with Crippen LogP contribution in [0.4, 0.5) is 0 Å². The SMILES string of the molecule is CCCN(CC#N)C(=O)c1ccc(C)nc1. The molecule has 0 unspecified atom stereocenters. The molecule has 0 atom stereocenters. The van der Waals surface area contributed by atoms with Crippen LogP contribution in [0.3, 0.4) is 0 Å². The van der Waals surface area contributed by atoms with Crippen LogP contribution < -0.4 is 0 Å². The third kappa shape index (κ3) is 3.06. The van der Waals surface area contributed by atoms with Gasteiger partial charge in [-0.25, -0.2) is 0 Å². The Morgan fingerprint density at radius 2 is 2.31 bits per heavy atom. The summed E-state index contributed by atoms with van der Waals surface area (Å²) in [5.41, 5.74) is 1.41. The van der Waals surface area contributed by atoms with Crippen LogP contribution in [0.1, 0.15) is 29.4 Å². The molecule has 1 amide bonds. The molecule has 1 aromatic rings. The molecule has 0 saturated carbocycles. The van der Waals surface area contributed by atoms with E-state index in [4.69, 9.17) is 5.26 Å². The van der Waals surface area contributed by atoms with Crippen molar-refractivity contribution in [1.82, 2.24) is 9.88 Å². The standard InChI is InChI=1S/C12H15N3O/c1-3-7-15(8-6-13)12(16)11-5-4-10(2)14-9-11/h4-5,9H,3,7-8H2,1-2H3. The van der Waals surface area contributed by atoms with E-state index in [2.05, 4.69) is 4.98 Å². The molecular weight excluding hydrogens is 202 g/mol. The Morgan fingerprint density at radius 3 is 2.81 bits per heavy atom. The number of nitrogens with zero attached hydrogens (tertiary/aromatic N) is 3. The number of aromatic nitrogens is 1. The zero-order chi connectivity index (χ0) is 12.0. The summed E-state index contributed by atoms with van der Waals surface area (Å²) in [5, 5.41) is 8.64. The Morgan fingerprint density at radius 1 is 1.56 bits per heavy atom. The van der Waals surface area contributed by atoms with E-state index in [-0.39, 0.29) is 12.5 Å². The summed E-state index contributed by atoms with van der Waals surface area (Å²) in [7, 11) is 0. The topological polar surface area (TPSA) is 57.0 Å². The van der Waals surface area contributed by atoms with E-state index in [1.807, 2.05) is 19.9 Å². The van der Waals surface area contributed by atoms with E-state index in [1.54, 1.807) is 18.3 Å². The van der Waals surface area contributed by atoms with Gasteiger partial charge in [-0.2, -0.15) is 5.26 Å². The second-order valence-corrected chi connectivity index (χ2v) is 3.57. The first-order chi connectivity index (χ1) is 7.69. The van der Waals surface area contributed by atoms with E-state index in [0.717, 1.165) is 12.1 Å². The monoisotopic (exact) mass is 217 g/mol. The molecule has 0 fully saturated rings. The highest BCUT2D eigenvalue weighted by Crippen LogP contribution is 2.05. The predicted octanol–water partition coefficient (Wildman–Crippen LogP) is 1.77. The van der Waals surface area contributed by atoms with Crippen LogP contribution in [-0.4, -0.2) is 28.9 Å². The number of pyridine rings is 1. The Hall–Kier alpha value is -1.89. The lowest BCUT2D eigenvalue weighted by molar-refractivity contribution is 0.0775. The summed E-state index contributed by atoms with van der Waals surface area (Å²) in [6.07, 6.45) is 2.39.